The van der Waals surface area contributed by atoms with Gasteiger partial charge in [0.25, 0.3) is 0 Å². The molecule has 1 aliphatic rings. The fourth-order valence-corrected chi connectivity index (χ4v) is 2.95. The van der Waals surface area contributed by atoms with Gasteiger partial charge in [-0.05, 0) is 38.3 Å². The van der Waals surface area contributed by atoms with E-state index in [0.29, 0.717) is 24.9 Å². The summed E-state index contributed by atoms with van der Waals surface area (Å²) in [5.41, 5.74) is 2.60. The monoisotopic (exact) mass is 317 g/mol. The molecule has 23 heavy (non-hydrogen) atoms. The minimum Gasteiger partial charge on any atom is -0.481 e. The number of carbonyl (C=O) groups excluding carboxylic acids is 2. The molecule has 1 unspecified atom stereocenters. The highest BCUT2D eigenvalue weighted by atomic mass is 16.4. The lowest BCUT2D eigenvalue weighted by Gasteiger charge is -2.30. The van der Waals surface area contributed by atoms with Crippen LogP contribution in [0.25, 0.3) is 0 Å². The number of hydrogen-bond donors (Lipinski definition) is 1. The second-order valence-corrected chi connectivity index (χ2v) is 6.26. The van der Waals surface area contributed by atoms with E-state index in [0.717, 1.165) is 11.1 Å². The Morgan fingerprint density at radius 3 is 2.65 bits per heavy atom. The number of piperidine rings is 1. The molecule has 1 N–H and O–H groups in total. The largest absolute Gasteiger partial charge is 0.481 e. The van der Waals surface area contributed by atoms with Crippen molar-refractivity contribution in [2.24, 2.45) is 5.92 Å². The van der Waals surface area contributed by atoms with E-state index in [-0.39, 0.29) is 31.1 Å². The van der Waals surface area contributed by atoms with E-state index in [9.17, 15) is 14.4 Å². The van der Waals surface area contributed by atoms with Crippen LogP contribution >= 0.6 is 0 Å². The molecule has 1 aromatic carbocycles. The van der Waals surface area contributed by atoms with Gasteiger partial charge in [0, 0.05) is 31.5 Å². The highest BCUT2D eigenvalue weighted by Gasteiger charge is 2.28. The average Bonchev–Trinajstić information content (AvgIpc) is 2.54. The van der Waals surface area contributed by atoms with Crippen LogP contribution in [-0.2, 0) is 9.59 Å². The van der Waals surface area contributed by atoms with E-state index < -0.39 is 11.9 Å². The Morgan fingerprint density at radius 1 is 1.22 bits per heavy atom. The van der Waals surface area contributed by atoms with Crippen LogP contribution in [0.3, 0.4) is 0 Å². The van der Waals surface area contributed by atoms with Crippen molar-refractivity contribution in [2.75, 3.05) is 13.1 Å². The van der Waals surface area contributed by atoms with Gasteiger partial charge in [0.15, 0.2) is 5.78 Å². The third kappa shape index (κ3) is 4.41. The molecular weight excluding hydrogens is 294 g/mol. The van der Waals surface area contributed by atoms with Crippen LogP contribution in [0.4, 0.5) is 0 Å². The van der Waals surface area contributed by atoms with Crippen LogP contribution < -0.4 is 0 Å². The number of carbonyl (C=O) groups is 3. The zero-order valence-electron chi connectivity index (χ0n) is 13.7. The Labute approximate surface area is 136 Å². The summed E-state index contributed by atoms with van der Waals surface area (Å²) in [6, 6.07) is 5.72. The molecule has 0 spiro atoms. The molecule has 0 bridgehead atoms. The Bertz CT molecular complexity index is 623. The molecule has 5 heteroatoms. The molecule has 0 aromatic heterocycles. The van der Waals surface area contributed by atoms with Crippen LogP contribution in [0.2, 0.25) is 0 Å². The van der Waals surface area contributed by atoms with E-state index in [4.69, 9.17) is 5.11 Å². The first-order valence-electron chi connectivity index (χ1n) is 7.99. The summed E-state index contributed by atoms with van der Waals surface area (Å²) in [6.45, 7) is 4.66. The first-order valence-corrected chi connectivity index (χ1v) is 7.99. The fraction of sp³-hybridized carbons (Fsp3) is 0.500. The zero-order valence-corrected chi connectivity index (χ0v) is 13.7. The normalized spacial score (nSPS) is 17.8. The number of aryl methyl sites for hydroxylation is 2. The molecule has 1 aliphatic heterocycles. The molecule has 5 nitrogen and oxygen atoms in total. The number of Topliss-reactive ketones (excluding diaryl/α,β-unsaturated/α-hetero) is 1. The Morgan fingerprint density at radius 2 is 1.96 bits per heavy atom. The van der Waals surface area contributed by atoms with Crippen molar-refractivity contribution < 1.29 is 19.5 Å². The van der Waals surface area contributed by atoms with E-state index in [1.807, 2.05) is 32.0 Å². The Balaban J connectivity index is 1.92. The van der Waals surface area contributed by atoms with Gasteiger partial charge in [-0.1, -0.05) is 17.7 Å². The predicted octanol–water partition coefficient (Wildman–Crippen LogP) is 2.59. The first-order chi connectivity index (χ1) is 10.9. The lowest BCUT2D eigenvalue weighted by Crippen LogP contribution is -2.42. The maximum atomic E-state index is 12.3. The number of aliphatic carboxylic acids is 1. The smallest absolute Gasteiger partial charge is 0.308 e. The summed E-state index contributed by atoms with van der Waals surface area (Å²) in [7, 11) is 0. The van der Waals surface area contributed by atoms with Gasteiger partial charge in [-0.3, -0.25) is 14.4 Å². The lowest BCUT2D eigenvalue weighted by molar-refractivity contribution is -0.145. The van der Waals surface area contributed by atoms with Crippen molar-refractivity contribution in [1.29, 1.82) is 0 Å². The summed E-state index contributed by atoms with van der Waals surface area (Å²) in [6.07, 6.45) is 1.62. The molecule has 1 saturated heterocycles. The summed E-state index contributed by atoms with van der Waals surface area (Å²) in [5, 5.41) is 9.07. The summed E-state index contributed by atoms with van der Waals surface area (Å²) in [4.78, 5) is 37.2. The van der Waals surface area contributed by atoms with Crippen molar-refractivity contribution in [3.8, 4) is 0 Å². The minimum absolute atomic E-state index is 0.0358. The standard InChI is InChI=1S/C18H23NO4/c1-12-5-6-13(2)15(10-12)16(20)7-8-17(21)19-9-3-4-14(11-19)18(22)23/h5-6,10,14H,3-4,7-9,11H2,1-2H3,(H,22,23). The number of amides is 1. The number of rotatable bonds is 5. The van der Waals surface area contributed by atoms with Gasteiger partial charge in [0.2, 0.25) is 5.91 Å². The van der Waals surface area contributed by atoms with Crippen LogP contribution in [0.1, 0.15) is 47.2 Å². The molecule has 1 atom stereocenters. The van der Waals surface area contributed by atoms with Crippen molar-refractivity contribution in [1.82, 2.24) is 4.90 Å². The molecule has 1 fully saturated rings. The van der Waals surface area contributed by atoms with Gasteiger partial charge in [0.1, 0.15) is 0 Å². The second kappa shape index (κ2) is 7.40. The quantitative estimate of drug-likeness (QED) is 0.847. The molecule has 2 rings (SSSR count). The van der Waals surface area contributed by atoms with Crippen molar-refractivity contribution in [3.05, 3.63) is 34.9 Å². The SMILES string of the molecule is Cc1ccc(C)c(C(=O)CCC(=O)N2CCCC(C(=O)O)C2)c1. The number of benzene rings is 1. The van der Waals surface area contributed by atoms with Gasteiger partial charge >= 0.3 is 5.97 Å². The van der Waals surface area contributed by atoms with Crippen LogP contribution in [-0.4, -0.2) is 40.8 Å². The number of ketones is 1. The average molecular weight is 317 g/mol. The lowest BCUT2D eigenvalue weighted by atomic mass is 9.97. The van der Waals surface area contributed by atoms with E-state index in [2.05, 4.69) is 0 Å². The van der Waals surface area contributed by atoms with Crippen LogP contribution in [0.15, 0.2) is 18.2 Å². The molecule has 1 heterocycles. The summed E-state index contributed by atoms with van der Waals surface area (Å²) < 4.78 is 0. The first kappa shape index (κ1) is 17.2. The summed E-state index contributed by atoms with van der Waals surface area (Å²) >= 11 is 0. The van der Waals surface area contributed by atoms with Gasteiger partial charge in [-0.2, -0.15) is 0 Å². The molecule has 0 aliphatic carbocycles. The van der Waals surface area contributed by atoms with Crippen molar-refractivity contribution in [3.63, 3.8) is 0 Å². The van der Waals surface area contributed by atoms with Gasteiger partial charge in [-0.25, -0.2) is 0 Å². The maximum Gasteiger partial charge on any atom is 0.308 e. The molecule has 0 saturated carbocycles. The zero-order chi connectivity index (χ0) is 17.0. The molecule has 1 amide bonds. The van der Waals surface area contributed by atoms with Gasteiger partial charge in [-0.15, -0.1) is 0 Å². The van der Waals surface area contributed by atoms with Crippen LogP contribution in [0, 0.1) is 19.8 Å². The molecular formula is C18H23NO4. The number of likely N-dealkylation sites (tertiary alicyclic amines) is 1. The minimum atomic E-state index is -0.853. The van der Waals surface area contributed by atoms with E-state index in [1.165, 1.54) is 0 Å². The maximum absolute atomic E-state index is 12.3. The Kier molecular flexibility index (Phi) is 5.53. The topological polar surface area (TPSA) is 74.7 Å². The molecule has 0 radical (unpaired) electrons. The van der Waals surface area contributed by atoms with E-state index in [1.54, 1.807) is 4.90 Å². The number of carboxylic acids is 1. The summed E-state index contributed by atoms with van der Waals surface area (Å²) in [5.74, 6) is -1.50. The number of nitrogens with zero attached hydrogens (tertiary/aromatic N) is 1. The Hall–Kier alpha value is -2.17. The third-order valence-corrected chi connectivity index (χ3v) is 4.38. The molecule has 1 aromatic rings. The highest BCUT2D eigenvalue weighted by molar-refractivity contribution is 5.99. The van der Waals surface area contributed by atoms with Crippen LogP contribution in [0.5, 0.6) is 0 Å². The van der Waals surface area contributed by atoms with Crippen molar-refractivity contribution >= 4 is 17.7 Å². The third-order valence-electron chi connectivity index (χ3n) is 4.38. The second-order valence-electron chi connectivity index (χ2n) is 6.26. The van der Waals surface area contributed by atoms with Gasteiger partial charge in [0.05, 0.1) is 5.92 Å². The number of hydrogen-bond acceptors (Lipinski definition) is 3. The van der Waals surface area contributed by atoms with Gasteiger partial charge < -0.3 is 10.0 Å². The predicted molar refractivity (Wildman–Crippen MR) is 86.4 cm³/mol. The highest BCUT2D eigenvalue weighted by Crippen LogP contribution is 2.19. The number of carboxylic acid groups (broad SMARTS) is 1. The fourth-order valence-electron chi connectivity index (χ4n) is 2.95. The van der Waals surface area contributed by atoms with E-state index >= 15 is 0 Å². The molecule has 124 valence electrons. The van der Waals surface area contributed by atoms with Crippen molar-refractivity contribution in [2.45, 2.75) is 39.5 Å².